The number of aromatic nitrogens is 2. The molecule has 2 heterocycles. The molecule has 1 aromatic heterocycles. The van der Waals surface area contributed by atoms with E-state index in [0.29, 0.717) is 12.3 Å². The van der Waals surface area contributed by atoms with Crippen molar-refractivity contribution >= 4 is 11.6 Å². The quantitative estimate of drug-likeness (QED) is 0.573. The number of anilines is 1. The van der Waals surface area contributed by atoms with Gasteiger partial charge in [-0.15, -0.1) is 0 Å². The Morgan fingerprint density at radius 3 is 2.56 bits per heavy atom. The molecule has 0 spiro atoms. The Hall–Kier alpha value is -2.34. The standard InChI is InChI=1S/C26H41N5O/c1-20(2)19-31-23(5)25(22(4)28-31)10-11-26(32)27-12-7-13-29-14-16-30(17-15-29)24-9-6-8-21(3)18-24/h6,8-9,18,20H,7,10-17,19H2,1-5H3,(H,27,32). The third kappa shape index (κ3) is 6.83. The normalized spacial score (nSPS) is 14.9. The van der Waals surface area contributed by atoms with Crippen molar-refractivity contribution in [3.63, 3.8) is 0 Å². The predicted octanol–water partition coefficient (Wildman–Crippen LogP) is 3.73. The van der Waals surface area contributed by atoms with Crippen LogP contribution in [0.15, 0.2) is 24.3 Å². The lowest BCUT2D eigenvalue weighted by Gasteiger charge is -2.36. The van der Waals surface area contributed by atoms with Crippen molar-refractivity contribution in [2.24, 2.45) is 5.92 Å². The molecule has 0 bridgehead atoms. The van der Waals surface area contributed by atoms with Crippen LogP contribution in [0.5, 0.6) is 0 Å². The first-order valence-corrected chi connectivity index (χ1v) is 12.2. The molecule has 176 valence electrons. The van der Waals surface area contributed by atoms with Gasteiger partial charge in [-0.1, -0.05) is 26.0 Å². The van der Waals surface area contributed by atoms with Gasteiger partial charge in [0.05, 0.1) is 5.69 Å². The monoisotopic (exact) mass is 439 g/mol. The summed E-state index contributed by atoms with van der Waals surface area (Å²) in [6, 6.07) is 8.76. The molecule has 1 aliphatic heterocycles. The zero-order chi connectivity index (χ0) is 23.1. The molecular weight excluding hydrogens is 398 g/mol. The maximum atomic E-state index is 12.3. The minimum Gasteiger partial charge on any atom is -0.369 e. The second kappa shape index (κ2) is 11.5. The summed E-state index contributed by atoms with van der Waals surface area (Å²) in [4.78, 5) is 17.3. The molecular formula is C26H41N5O. The lowest BCUT2D eigenvalue weighted by molar-refractivity contribution is -0.121. The van der Waals surface area contributed by atoms with E-state index in [9.17, 15) is 4.79 Å². The van der Waals surface area contributed by atoms with Crippen LogP contribution in [-0.4, -0.2) is 59.9 Å². The summed E-state index contributed by atoms with van der Waals surface area (Å²) in [5.74, 6) is 0.708. The van der Waals surface area contributed by atoms with Gasteiger partial charge in [0.2, 0.25) is 5.91 Å². The van der Waals surface area contributed by atoms with E-state index in [2.05, 4.69) is 83.8 Å². The van der Waals surface area contributed by atoms with Crippen LogP contribution in [0.25, 0.3) is 0 Å². The van der Waals surface area contributed by atoms with E-state index in [4.69, 9.17) is 0 Å². The SMILES string of the molecule is Cc1cccc(N2CCN(CCCNC(=O)CCc3c(C)nn(CC(C)C)c3C)CC2)c1. The van der Waals surface area contributed by atoms with Gasteiger partial charge in [-0.2, -0.15) is 5.10 Å². The van der Waals surface area contributed by atoms with Gasteiger partial charge in [-0.3, -0.25) is 14.4 Å². The molecule has 0 radical (unpaired) electrons. The lowest BCUT2D eigenvalue weighted by Crippen LogP contribution is -2.47. The molecule has 0 aliphatic carbocycles. The van der Waals surface area contributed by atoms with E-state index in [1.165, 1.54) is 22.5 Å². The summed E-state index contributed by atoms with van der Waals surface area (Å²) >= 11 is 0. The summed E-state index contributed by atoms with van der Waals surface area (Å²) in [7, 11) is 0. The van der Waals surface area contributed by atoms with Crippen LogP contribution in [0.4, 0.5) is 5.69 Å². The van der Waals surface area contributed by atoms with Crippen molar-refractivity contribution in [1.82, 2.24) is 20.0 Å². The second-order valence-electron chi connectivity index (χ2n) is 9.60. The Kier molecular flexibility index (Phi) is 8.74. The number of hydrogen-bond donors (Lipinski definition) is 1. The summed E-state index contributed by atoms with van der Waals surface area (Å²) < 4.78 is 2.09. The number of benzene rings is 1. The molecule has 3 rings (SSSR count). The van der Waals surface area contributed by atoms with Crippen molar-refractivity contribution in [2.45, 2.75) is 60.4 Å². The third-order valence-corrected chi connectivity index (χ3v) is 6.38. The number of hydrogen-bond acceptors (Lipinski definition) is 4. The number of piperazine rings is 1. The van der Waals surface area contributed by atoms with Crippen molar-refractivity contribution < 1.29 is 4.79 Å². The molecule has 0 unspecified atom stereocenters. The summed E-state index contributed by atoms with van der Waals surface area (Å²) in [5, 5.41) is 7.77. The fraction of sp³-hybridized carbons (Fsp3) is 0.615. The molecule has 0 saturated carbocycles. The predicted molar refractivity (Wildman–Crippen MR) is 132 cm³/mol. The molecule has 1 aliphatic rings. The highest BCUT2D eigenvalue weighted by Crippen LogP contribution is 2.18. The first kappa shape index (κ1) is 24.3. The molecule has 1 N–H and O–H groups in total. The number of amides is 1. The zero-order valence-electron chi connectivity index (χ0n) is 20.7. The molecule has 1 aromatic carbocycles. The van der Waals surface area contributed by atoms with Crippen LogP contribution < -0.4 is 10.2 Å². The van der Waals surface area contributed by atoms with Gasteiger partial charge in [-0.25, -0.2) is 0 Å². The van der Waals surface area contributed by atoms with Crippen LogP contribution in [0.2, 0.25) is 0 Å². The van der Waals surface area contributed by atoms with Crippen molar-refractivity contribution in [3.8, 4) is 0 Å². The Bertz CT molecular complexity index is 880. The van der Waals surface area contributed by atoms with Crippen LogP contribution in [0.1, 0.15) is 49.2 Å². The molecule has 1 fully saturated rings. The molecule has 0 atom stereocenters. The smallest absolute Gasteiger partial charge is 0.220 e. The number of carbonyl (C=O) groups is 1. The lowest BCUT2D eigenvalue weighted by atomic mass is 10.1. The van der Waals surface area contributed by atoms with Gasteiger partial charge in [0.1, 0.15) is 0 Å². The van der Waals surface area contributed by atoms with Gasteiger partial charge in [-0.05, 0) is 69.3 Å². The molecule has 32 heavy (non-hydrogen) atoms. The molecule has 1 saturated heterocycles. The van der Waals surface area contributed by atoms with Crippen LogP contribution >= 0.6 is 0 Å². The molecule has 6 nitrogen and oxygen atoms in total. The van der Waals surface area contributed by atoms with Crippen LogP contribution in [0.3, 0.4) is 0 Å². The first-order chi connectivity index (χ1) is 15.3. The maximum Gasteiger partial charge on any atom is 0.220 e. The Morgan fingerprint density at radius 1 is 1.12 bits per heavy atom. The van der Waals surface area contributed by atoms with Gasteiger partial charge in [0.15, 0.2) is 0 Å². The minimum atomic E-state index is 0.143. The summed E-state index contributed by atoms with van der Waals surface area (Å²) in [6.07, 6.45) is 2.30. The van der Waals surface area contributed by atoms with E-state index in [1.807, 2.05) is 0 Å². The molecule has 6 heteroatoms. The van der Waals surface area contributed by atoms with Crippen molar-refractivity contribution in [1.29, 1.82) is 0 Å². The van der Waals surface area contributed by atoms with E-state index >= 15 is 0 Å². The number of carbonyl (C=O) groups excluding carboxylic acids is 1. The van der Waals surface area contributed by atoms with Crippen molar-refractivity contribution in [3.05, 3.63) is 46.8 Å². The number of rotatable bonds is 10. The fourth-order valence-corrected chi connectivity index (χ4v) is 4.53. The Balaban J connectivity index is 1.32. The maximum absolute atomic E-state index is 12.3. The highest BCUT2D eigenvalue weighted by molar-refractivity contribution is 5.76. The first-order valence-electron chi connectivity index (χ1n) is 12.2. The average molecular weight is 440 g/mol. The van der Waals surface area contributed by atoms with Crippen LogP contribution in [0, 0.1) is 26.7 Å². The second-order valence-corrected chi connectivity index (χ2v) is 9.60. The van der Waals surface area contributed by atoms with Crippen LogP contribution in [-0.2, 0) is 17.8 Å². The number of nitrogens with zero attached hydrogens (tertiary/aromatic N) is 4. The average Bonchev–Trinajstić information content (AvgIpc) is 3.02. The van der Waals surface area contributed by atoms with E-state index < -0.39 is 0 Å². The largest absolute Gasteiger partial charge is 0.369 e. The van der Waals surface area contributed by atoms with Gasteiger partial charge >= 0.3 is 0 Å². The molecule has 2 aromatic rings. The topological polar surface area (TPSA) is 53.4 Å². The Morgan fingerprint density at radius 2 is 1.88 bits per heavy atom. The molecule has 1 amide bonds. The highest BCUT2D eigenvalue weighted by Gasteiger charge is 2.17. The number of nitrogens with one attached hydrogen (secondary N) is 1. The van der Waals surface area contributed by atoms with Crippen molar-refractivity contribution in [2.75, 3.05) is 44.2 Å². The zero-order valence-corrected chi connectivity index (χ0v) is 20.7. The Labute approximate surface area is 194 Å². The fourth-order valence-electron chi connectivity index (χ4n) is 4.53. The number of aryl methyl sites for hydroxylation is 2. The third-order valence-electron chi connectivity index (χ3n) is 6.38. The summed E-state index contributed by atoms with van der Waals surface area (Å²) in [6.45, 7) is 17.8. The van der Waals surface area contributed by atoms with E-state index in [0.717, 1.165) is 64.3 Å². The van der Waals surface area contributed by atoms with E-state index in [-0.39, 0.29) is 5.91 Å². The minimum absolute atomic E-state index is 0.143. The van der Waals surface area contributed by atoms with E-state index in [1.54, 1.807) is 0 Å². The van der Waals surface area contributed by atoms with Gasteiger partial charge < -0.3 is 10.2 Å². The van der Waals surface area contributed by atoms with Gasteiger partial charge in [0, 0.05) is 57.1 Å². The van der Waals surface area contributed by atoms with Gasteiger partial charge in [0.25, 0.3) is 0 Å². The highest BCUT2D eigenvalue weighted by atomic mass is 16.1. The summed E-state index contributed by atoms with van der Waals surface area (Å²) in [5.41, 5.74) is 6.13.